The third-order valence-electron chi connectivity index (χ3n) is 5.19. The fraction of sp³-hybridized carbons (Fsp3) is 0.667. The zero-order valence-electron chi connectivity index (χ0n) is 14.5. The Morgan fingerprint density at radius 2 is 1.88 bits per heavy atom. The van der Waals surface area contributed by atoms with Crippen LogP contribution >= 0.6 is 23.4 Å². The van der Waals surface area contributed by atoms with Crippen molar-refractivity contribution in [2.75, 3.05) is 31.1 Å². The maximum atomic E-state index is 12.3. The Hall–Kier alpha value is -0.270. The van der Waals surface area contributed by atoms with Gasteiger partial charge in [0, 0.05) is 17.6 Å². The Kier molecular flexibility index (Phi) is 7.08. The number of likely N-dealkylation sites (tertiary alicyclic amines) is 1. The van der Waals surface area contributed by atoms with Gasteiger partial charge in [-0.2, -0.15) is 11.8 Å². The molecule has 25 heavy (non-hydrogen) atoms. The first-order chi connectivity index (χ1) is 12.0. The molecule has 140 valence electrons. The second-order valence-corrected chi connectivity index (χ2v) is 10.5. The lowest BCUT2D eigenvalue weighted by Gasteiger charge is -2.39. The van der Waals surface area contributed by atoms with Gasteiger partial charge in [-0.05, 0) is 73.9 Å². The highest BCUT2D eigenvalue weighted by Gasteiger charge is 2.27. The van der Waals surface area contributed by atoms with Crippen LogP contribution in [0.1, 0.15) is 31.2 Å². The van der Waals surface area contributed by atoms with E-state index in [2.05, 4.69) is 21.4 Å². The number of halogens is 1. The highest BCUT2D eigenvalue weighted by Crippen LogP contribution is 2.26. The van der Waals surface area contributed by atoms with Crippen LogP contribution in [0.3, 0.4) is 0 Å². The van der Waals surface area contributed by atoms with Crippen molar-refractivity contribution in [2.24, 2.45) is 5.92 Å². The van der Waals surface area contributed by atoms with E-state index in [9.17, 15) is 8.42 Å². The number of thioether (sulfide) groups is 1. The summed E-state index contributed by atoms with van der Waals surface area (Å²) in [6.07, 6.45) is 4.79. The van der Waals surface area contributed by atoms with E-state index in [-0.39, 0.29) is 5.75 Å². The van der Waals surface area contributed by atoms with Crippen LogP contribution in [0.25, 0.3) is 0 Å². The van der Waals surface area contributed by atoms with E-state index in [1.807, 2.05) is 0 Å². The summed E-state index contributed by atoms with van der Waals surface area (Å²) < 4.78 is 27.4. The predicted molar refractivity (Wildman–Crippen MR) is 107 cm³/mol. The average molecular weight is 403 g/mol. The Morgan fingerprint density at radius 1 is 1.16 bits per heavy atom. The van der Waals surface area contributed by atoms with Crippen molar-refractivity contribution in [3.8, 4) is 0 Å². The van der Waals surface area contributed by atoms with E-state index in [1.54, 1.807) is 24.3 Å². The molecule has 0 bridgehead atoms. The zero-order chi connectivity index (χ0) is 17.7. The first-order valence-corrected chi connectivity index (χ1v) is 12.2. The van der Waals surface area contributed by atoms with Gasteiger partial charge in [0.05, 0.1) is 5.75 Å². The molecule has 0 saturated carbocycles. The molecule has 0 atom stereocenters. The molecule has 2 fully saturated rings. The number of hydrogen-bond acceptors (Lipinski definition) is 4. The molecule has 0 unspecified atom stereocenters. The van der Waals surface area contributed by atoms with Crippen molar-refractivity contribution < 1.29 is 8.42 Å². The molecule has 7 heteroatoms. The number of nitrogens with one attached hydrogen (secondary N) is 1. The number of nitrogens with zero attached hydrogens (tertiary/aromatic N) is 1. The van der Waals surface area contributed by atoms with Crippen molar-refractivity contribution in [3.05, 3.63) is 34.9 Å². The van der Waals surface area contributed by atoms with E-state index >= 15 is 0 Å². The predicted octanol–water partition coefficient (Wildman–Crippen LogP) is 3.37. The van der Waals surface area contributed by atoms with Crippen molar-refractivity contribution in [1.82, 2.24) is 9.62 Å². The lowest BCUT2D eigenvalue weighted by Crippen LogP contribution is -2.45. The highest BCUT2D eigenvalue weighted by atomic mass is 35.5. The number of piperidine rings is 1. The van der Waals surface area contributed by atoms with Crippen molar-refractivity contribution in [3.63, 3.8) is 0 Å². The molecule has 0 amide bonds. The standard InChI is InChI=1S/C18H27ClN2O2S2/c19-17-3-1-2-16(12-17)14-25(22,23)20-13-15-4-8-21(9-5-15)18-6-10-24-11-7-18/h1-3,12,15,18,20H,4-11,13-14H2. The van der Waals surface area contributed by atoms with E-state index in [0.717, 1.165) is 37.5 Å². The van der Waals surface area contributed by atoms with E-state index in [0.29, 0.717) is 17.5 Å². The molecule has 1 aromatic rings. The second-order valence-electron chi connectivity index (χ2n) is 7.06. The highest BCUT2D eigenvalue weighted by molar-refractivity contribution is 7.99. The van der Waals surface area contributed by atoms with Gasteiger partial charge in [-0.25, -0.2) is 13.1 Å². The second kappa shape index (κ2) is 9.09. The van der Waals surface area contributed by atoms with Gasteiger partial charge in [-0.1, -0.05) is 23.7 Å². The summed E-state index contributed by atoms with van der Waals surface area (Å²) in [7, 11) is -3.31. The monoisotopic (exact) mass is 402 g/mol. The van der Waals surface area contributed by atoms with Crippen LogP contribution in [-0.2, 0) is 15.8 Å². The molecule has 2 saturated heterocycles. The van der Waals surface area contributed by atoms with Crippen molar-refractivity contribution in [1.29, 1.82) is 0 Å². The van der Waals surface area contributed by atoms with Crippen LogP contribution in [0.15, 0.2) is 24.3 Å². The van der Waals surface area contributed by atoms with Gasteiger partial charge < -0.3 is 4.90 Å². The van der Waals surface area contributed by atoms with Crippen LogP contribution in [0.4, 0.5) is 0 Å². The minimum Gasteiger partial charge on any atom is -0.300 e. The SMILES string of the molecule is O=S(=O)(Cc1cccc(Cl)c1)NCC1CCN(C2CCSCC2)CC1. The van der Waals surface area contributed by atoms with E-state index in [1.165, 1.54) is 24.3 Å². The Bertz CT molecular complexity index is 655. The van der Waals surface area contributed by atoms with E-state index in [4.69, 9.17) is 11.6 Å². The first-order valence-electron chi connectivity index (χ1n) is 9.05. The largest absolute Gasteiger partial charge is 0.300 e. The number of benzene rings is 1. The Morgan fingerprint density at radius 3 is 2.56 bits per heavy atom. The fourth-order valence-electron chi connectivity index (χ4n) is 3.71. The molecule has 0 aromatic heterocycles. The summed E-state index contributed by atoms with van der Waals surface area (Å²) in [5.74, 6) is 3.01. The van der Waals surface area contributed by atoms with Crippen molar-refractivity contribution in [2.45, 2.75) is 37.5 Å². The lowest BCUT2D eigenvalue weighted by atomic mass is 9.95. The Labute approximate surface area is 160 Å². The number of hydrogen-bond donors (Lipinski definition) is 1. The third-order valence-corrected chi connectivity index (χ3v) is 7.80. The molecule has 1 N–H and O–H groups in total. The first kappa shape index (κ1) is 19.5. The number of rotatable bonds is 6. The zero-order valence-corrected chi connectivity index (χ0v) is 16.9. The molecule has 2 heterocycles. The minimum atomic E-state index is -3.31. The molecular weight excluding hydrogens is 376 g/mol. The smallest absolute Gasteiger partial charge is 0.215 e. The maximum Gasteiger partial charge on any atom is 0.215 e. The molecule has 1 aromatic carbocycles. The third kappa shape index (κ3) is 6.14. The summed E-state index contributed by atoms with van der Waals surface area (Å²) in [5.41, 5.74) is 0.727. The lowest BCUT2D eigenvalue weighted by molar-refractivity contribution is 0.127. The van der Waals surface area contributed by atoms with Gasteiger partial charge in [0.2, 0.25) is 10.0 Å². The van der Waals surface area contributed by atoms with Gasteiger partial charge in [0.1, 0.15) is 0 Å². The molecule has 0 radical (unpaired) electrons. The quantitative estimate of drug-likeness (QED) is 0.792. The molecule has 0 aliphatic carbocycles. The van der Waals surface area contributed by atoms with Gasteiger partial charge in [-0.3, -0.25) is 0 Å². The maximum absolute atomic E-state index is 12.3. The summed E-state index contributed by atoms with van der Waals surface area (Å²) in [6.45, 7) is 2.77. The van der Waals surface area contributed by atoms with Gasteiger partial charge in [-0.15, -0.1) is 0 Å². The normalized spacial score (nSPS) is 21.5. The summed E-state index contributed by atoms with van der Waals surface area (Å²) in [5, 5.41) is 0.571. The van der Waals surface area contributed by atoms with Gasteiger partial charge in [0.15, 0.2) is 0 Å². The molecule has 2 aliphatic rings. The van der Waals surface area contributed by atoms with Crippen LogP contribution in [0.2, 0.25) is 5.02 Å². The van der Waals surface area contributed by atoms with Crippen LogP contribution in [0.5, 0.6) is 0 Å². The topological polar surface area (TPSA) is 49.4 Å². The molecular formula is C18H27ClN2O2S2. The van der Waals surface area contributed by atoms with E-state index < -0.39 is 10.0 Å². The fourth-order valence-corrected chi connectivity index (χ4v) is 6.22. The minimum absolute atomic E-state index is 0.00779. The van der Waals surface area contributed by atoms with Crippen LogP contribution in [0, 0.1) is 5.92 Å². The summed E-state index contributed by atoms with van der Waals surface area (Å²) >= 11 is 7.99. The van der Waals surface area contributed by atoms with Crippen LogP contribution in [-0.4, -0.2) is 50.5 Å². The summed E-state index contributed by atoms with van der Waals surface area (Å²) in [6, 6.07) is 7.80. The van der Waals surface area contributed by atoms with Gasteiger partial charge in [0.25, 0.3) is 0 Å². The Balaban J connectivity index is 1.42. The number of sulfonamides is 1. The van der Waals surface area contributed by atoms with Gasteiger partial charge >= 0.3 is 0 Å². The molecule has 0 spiro atoms. The molecule has 4 nitrogen and oxygen atoms in total. The van der Waals surface area contributed by atoms with Crippen LogP contribution < -0.4 is 4.72 Å². The average Bonchev–Trinajstić information content (AvgIpc) is 2.61. The molecule has 3 rings (SSSR count). The molecule has 2 aliphatic heterocycles. The van der Waals surface area contributed by atoms with Crippen molar-refractivity contribution >= 4 is 33.4 Å². The summed E-state index contributed by atoms with van der Waals surface area (Å²) in [4.78, 5) is 2.62.